The van der Waals surface area contributed by atoms with Crippen molar-refractivity contribution in [3.8, 4) is 0 Å². The molecule has 0 amide bonds. The smallest absolute Gasteiger partial charge is 0 e. The molecule has 106 heavy (non-hydrogen) atoms. The van der Waals surface area contributed by atoms with E-state index in [0.29, 0.717) is 0 Å². The summed E-state index contributed by atoms with van der Waals surface area (Å²) >= 11 is -2.00. The van der Waals surface area contributed by atoms with Crippen LogP contribution in [0.5, 0.6) is 0 Å². The van der Waals surface area contributed by atoms with Gasteiger partial charge in [0.15, 0.2) is 0 Å². The minimum Gasteiger partial charge on any atom is 0 e. The molecule has 0 spiro atoms. The molecule has 0 rings (SSSR count). The SMILES string of the molecule is O.O.O.O.O.O.O.OCC(O)CO.OCC(O)CO.OCC(O)CO.OCC(O)CO.OCC(O)CO.OCC(O)CO.OCC(O)CO.OCC(O)CO.OCC(O)CO.OCC(O)CO.OCC(O)CO.OCC(O)CO.OCC(O)CO.OCC(O)CO.OCC(O)CO.[O]=[Ti]=[O].[Ti].[Ti].[Ti].[Ti].[Ti].[Ti]. The van der Waals surface area contributed by atoms with Crippen molar-refractivity contribution in [3.63, 3.8) is 0 Å². The van der Waals surface area contributed by atoms with Gasteiger partial charge in [-0.3, -0.25) is 0 Å². The summed E-state index contributed by atoms with van der Waals surface area (Å²) in [5.74, 6) is 0. The molecule has 61 heteroatoms. The van der Waals surface area contributed by atoms with E-state index in [1.54, 1.807) is 0 Å². The Kier molecular flexibility index (Phi) is 370. The van der Waals surface area contributed by atoms with Gasteiger partial charge < -0.3 is 268 Å². The first-order valence-electron chi connectivity index (χ1n) is 26.0. The molecule has 0 aromatic carbocycles. The third-order valence-electron chi connectivity index (χ3n) is 6.32. The van der Waals surface area contributed by atoms with Gasteiger partial charge in [0.25, 0.3) is 0 Å². The molecule has 666 valence electrons. The van der Waals surface area contributed by atoms with Crippen LogP contribution in [0.2, 0.25) is 0 Å². The van der Waals surface area contributed by atoms with E-state index in [-0.39, 0.29) is 367 Å². The van der Waals surface area contributed by atoms with Gasteiger partial charge in [-0.05, 0) is 0 Å². The molecule has 0 aliphatic carbocycles. The molecule has 0 heterocycles. The maximum Gasteiger partial charge on any atom is 0 e. The molecule has 0 fully saturated rings. The van der Waals surface area contributed by atoms with Crippen LogP contribution in [0.4, 0.5) is 0 Å². The van der Waals surface area contributed by atoms with Gasteiger partial charge in [0.05, 0.1) is 198 Å². The fourth-order valence-corrected chi connectivity index (χ4v) is 0.866. The van der Waals surface area contributed by atoms with Gasteiger partial charge in [-0.2, -0.15) is 0 Å². The van der Waals surface area contributed by atoms with Crippen LogP contribution in [0.25, 0.3) is 0 Å². The van der Waals surface area contributed by atoms with Gasteiger partial charge in [0, 0.05) is 130 Å². The molecule has 59 N–H and O–H groups in total. The minimum atomic E-state index is -2.00. The molecular weight excluding hydrogens is 1740 g/mol. The first-order valence-corrected chi connectivity index (χ1v) is 27.3. The summed E-state index contributed by atoms with van der Waals surface area (Å²) in [4.78, 5) is 0. The Balaban J connectivity index is -0.0000000219. The Bertz CT molecular complexity index is 800. The second-order valence-corrected chi connectivity index (χ2v) is 15.6. The fraction of sp³-hybridized carbons (Fsp3) is 1.00. The van der Waals surface area contributed by atoms with Crippen LogP contribution in [0, 0.1) is 0 Å². The van der Waals surface area contributed by atoms with E-state index in [4.69, 9.17) is 236 Å². The number of rotatable bonds is 30. The molecule has 0 aromatic heterocycles. The molecule has 0 unspecified atom stereocenters. The molecule has 0 aromatic rings. The summed E-state index contributed by atoms with van der Waals surface area (Å²) in [6, 6.07) is 0. The molecule has 0 radical (unpaired) electrons. The van der Waals surface area contributed by atoms with Gasteiger partial charge >= 0.3 is 25.7 Å². The summed E-state index contributed by atoms with van der Waals surface area (Å²) in [5, 5.41) is 360. The Hall–Kier alpha value is 2.52. The largest absolute Gasteiger partial charge is 0 e. The molecule has 0 bridgehead atoms. The van der Waals surface area contributed by atoms with Crippen LogP contribution >= 0.6 is 0 Å². The van der Waals surface area contributed by atoms with Crippen LogP contribution in [0.1, 0.15) is 0 Å². The predicted octanol–water partition coefficient (Wildman–Crippen LogP) is -31.0. The number of aliphatic hydroxyl groups is 45. The van der Waals surface area contributed by atoms with Crippen molar-refractivity contribution in [2.24, 2.45) is 0 Å². The summed E-state index contributed by atoms with van der Waals surface area (Å²) in [7, 11) is 0. The number of hydrogen-bond acceptors (Lipinski definition) is 47. The van der Waals surface area contributed by atoms with Crippen molar-refractivity contribution in [1.29, 1.82) is 0 Å². The summed E-state index contributed by atoms with van der Waals surface area (Å²) in [6.07, 6.45) is -14.3. The van der Waals surface area contributed by atoms with E-state index in [1.807, 2.05) is 0 Å². The first kappa shape index (κ1) is 198. The van der Waals surface area contributed by atoms with E-state index in [0.717, 1.165) is 0 Å². The second-order valence-electron chi connectivity index (χ2n) is 15.4. The Morgan fingerprint density at radius 2 is 0.142 bits per heavy atom. The quantitative estimate of drug-likeness (QED) is 0.0297. The van der Waals surface area contributed by atoms with Gasteiger partial charge in [0.1, 0.15) is 91.6 Å². The van der Waals surface area contributed by atoms with Crippen LogP contribution in [-0.2, 0) is 156 Å². The third kappa shape index (κ3) is 303. The van der Waals surface area contributed by atoms with E-state index in [1.165, 1.54) is 0 Å². The molecule has 0 aliphatic heterocycles. The first-order chi connectivity index (χ1) is 43.5. The number of hydrogen-bond donors (Lipinski definition) is 45. The minimum absolute atomic E-state index is 0. The van der Waals surface area contributed by atoms with Crippen molar-refractivity contribution in [2.45, 2.75) is 91.6 Å². The monoisotopic (exact) mass is 1870 g/mol. The van der Waals surface area contributed by atoms with E-state index in [9.17, 15) is 0 Å². The predicted molar refractivity (Wildman–Crippen MR) is 329 cm³/mol. The normalized spacial score (nSPS) is 8.57. The molecule has 0 atom stereocenters. The van der Waals surface area contributed by atoms with Crippen molar-refractivity contribution in [3.05, 3.63) is 0 Å². The summed E-state index contributed by atoms with van der Waals surface area (Å²) in [6.45, 7) is -10.9. The van der Waals surface area contributed by atoms with Gasteiger partial charge in [-0.1, -0.05) is 0 Å². The molecule has 0 saturated carbocycles. The third-order valence-corrected chi connectivity index (χ3v) is 6.32. The average Bonchev–Trinajstić information content (AvgIpc) is 3.63. The zero-order valence-electron chi connectivity index (χ0n) is 57.8. The van der Waals surface area contributed by atoms with E-state index >= 15 is 0 Å². The van der Waals surface area contributed by atoms with Crippen LogP contribution in [-0.4, -0.2) is 558 Å². The maximum atomic E-state index is 8.50. The van der Waals surface area contributed by atoms with Gasteiger partial charge in [0.2, 0.25) is 0 Å². The molecule has 54 nitrogen and oxygen atoms in total. The van der Waals surface area contributed by atoms with Crippen LogP contribution in [0.15, 0.2) is 0 Å². The maximum absolute atomic E-state index is 8.50. The van der Waals surface area contributed by atoms with Crippen LogP contribution < -0.4 is 0 Å². The van der Waals surface area contributed by atoms with Crippen molar-refractivity contribution in [2.75, 3.05) is 198 Å². The van der Waals surface area contributed by atoms with Crippen molar-refractivity contribution in [1.82, 2.24) is 0 Å². The Morgan fingerprint density at radius 3 is 0.142 bits per heavy atom. The van der Waals surface area contributed by atoms with Crippen LogP contribution in [0.3, 0.4) is 0 Å². The van der Waals surface area contributed by atoms with E-state index in [2.05, 4.69) is 0 Å². The zero-order valence-corrected chi connectivity index (χ0v) is 68.7. The molecule has 0 aliphatic rings. The summed E-state index contributed by atoms with van der Waals surface area (Å²) < 4.78 is 17.0. The Labute approximate surface area is 708 Å². The number of aliphatic hydroxyl groups excluding tert-OH is 45. The molecular formula is C45H134O54Ti7. The zero-order chi connectivity index (χ0) is 77.6. The van der Waals surface area contributed by atoms with Crippen molar-refractivity contribution < 1.29 is 424 Å². The van der Waals surface area contributed by atoms with Gasteiger partial charge in [-0.15, -0.1) is 0 Å². The standard InChI is InChI=1S/15C3H8O3.7H2O.2O.7Ti/c15*4-1-3(6)2-5;;;;;;;;;;;;;;;;/h15*3-6H,1-2H2;7*1H2;;;;;;;;;. The fourth-order valence-electron chi connectivity index (χ4n) is 0.866. The topological polar surface area (TPSA) is 1160 Å². The Morgan fingerprint density at radius 1 is 0.123 bits per heavy atom. The summed E-state index contributed by atoms with van der Waals surface area (Å²) in [5.41, 5.74) is 0. The molecule has 0 saturated heterocycles. The average molecular weight is 1870 g/mol. The van der Waals surface area contributed by atoms with Gasteiger partial charge in [-0.25, -0.2) is 0 Å². The van der Waals surface area contributed by atoms with Crippen molar-refractivity contribution >= 4 is 0 Å². The second kappa shape index (κ2) is 198. The van der Waals surface area contributed by atoms with E-state index < -0.39 is 111 Å².